The largest absolute Gasteiger partial charge is 0.323 e. The third-order valence-electron chi connectivity index (χ3n) is 6.04. The van der Waals surface area contributed by atoms with Crippen molar-refractivity contribution in [2.24, 2.45) is 5.73 Å². The molecule has 144 valence electrons. The molecule has 1 heterocycles. The van der Waals surface area contributed by atoms with Gasteiger partial charge in [-0.25, -0.2) is 0 Å². The van der Waals surface area contributed by atoms with Crippen molar-refractivity contribution in [2.45, 2.75) is 23.8 Å². The second-order valence-electron chi connectivity index (χ2n) is 7.78. The first kappa shape index (κ1) is 19.4. The van der Waals surface area contributed by atoms with Gasteiger partial charge in [-0.3, -0.25) is 0 Å². The second-order valence-corrected chi connectivity index (χ2v) is 11.8. The van der Waals surface area contributed by atoms with Gasteiger partial charge < -0.3 is 5.73 Å². The van der Waals surface area contributed by atoms with Crippen molar-refractivity contribution in [1.82, 2.24) is 0 Å². The molecular weight excluding hydrogens is 407 g/mol. The highest BCUT2D eigenvalue weighted by atomic mass is 31.2. The summed E-state index contributed by atoms with van der Waals surface area (Å²) in [5.41, 5.74) is 12.2. The Morgan fingerprint density at radius 1 is 0.793 bits per heavy atom. The Labute approximate surface area is 177 Å². The van der Waals surface area contributed by atoms with Crippen LogP contribution in [0.4, 0.5) is 0 Å². The first-order chi connectivity index (χ1) is 14.2. The summed E-state index contributed by atoms with van der Waals surface area (Å²) >= 11 is 0. The van der Waals surface area contributed by atoms with E-state index in [4.69, 9.17) is 5.73 Å². The van der Waals surface area contributed by atoms with Gasteiger partial charge >= 0.3 is 0 Å². The van der Waals surface area contributed by atoms with E-state index in [1.807, 2.05) is 5.80 Å². The molecule has 4 aromatic rings. The number of rotatable bonds is 3. The van der Waals surface area contributed by atoms with Gasteiger partial charge in [0, 0.05) is 11.4 Å². The summed E-state index contributed by atoms with van der Waals surface area (Å²) in [7, 11) is 6.26. The smallest absolute Gasteiger partial charge is 0.0367 e. The minimum Gasteiger partial charge on any atom is -0.323 e. The molecular formula is C25H24NP3. The third-order valence-corrected chi connectivity index (χ3v) is 10.8. The molecule has 0 amide bonds. The summed E-state index contributed by atoms with van der Waals surface area (Å²) in [6, 6.07) is 26.9. The van der Waals surface area contributed by atoms with Crippen LogP contribution in [0, 0.1) is 0 Å². The van der Waals surface area contributed by atoms with Crippen molar-refractivity contribution in [3.05, 3.63) is 83.9 Å². The molecule has 0 spiro atoms. The van der Waals surface area contributed by atoms with Crippen LogP contribution in [0.3, 0.4) is 0 Å². The molecule has 29 heavy (non-hydrogen) atoms. The number of fused-ring (bicyclic) bond motifs is 7. The van der Waals surface area contributed by atoms with Crippen molar-refractivity contribution in [3.8, 4) is 11.1 Å². The first-order valence-electron chi connectivity index (χ1n) is 9.95. The summed E-state index contributed by atoms with van der Waals surface area (Å²) in [6.07, 6.45) is 2.20. The molecule has 2 N–H and O–H groups in total. The predicted molar refractivity (Wildman–Crippen MR) is 137 cm³/mol. The van der Waals surface area contributed by atoms with Crippen LogP contribution in [0.5, 0.6) is 0 Å². The summed E-state index contributed by atoms with van der Waals surface area (Å²) in [6.45, 7) is 0. The predicted octanol–water partition coefficient (Wildman–Crippen LogP) is 6.63. The molecule has 0 bridgehead atoms. The summed E-state index contributed by atoms with van der Waals surface area (Å²) < 4.78 is 0. The van der Waals surface area contributed by atoms with Gasteiger partial charge in [0.2, 0.25) is 0 Å². The Bertz CT molecular complexity index is 1150. The molecule has 0 aromatic heterocycles. The van der Waals surface area contributed by atoms with Crippen molar-refractivity contribution >= 4 is 53.4 Å². The minimum absolute atomic E-state index is 0.0358. The second kappa shape index (κ2) is 7.91. The summed E-state index contributed by atoms with van der Waals surface area (Å²) in [4.78, 5) is 0. The zero-order valence-electron chi connectivity index (χ0n) is 16.2. The molecule has 4 heteroatoms. The van der Waals surface area contributed by atoms with Crippen molar-refractivity contribution in [1.29, 1.82) is 0 Å². The van der Waals surface area contributed by atoms with Gasteiger partial charge in [0.05, 0.1) is 0 Å². The van der Waals surface area contributed by atoms with Crippen LogP contribution in [0.25, 0.3) is 32.7 Å². The molecule has 0 saturated heterocycles. The Morgan fingerprint density at radius 2 is 1.28 bits per heavy atom. The lowest BCUT2D eigenvalue weighted by Crippen LogP contribution is -2.30. The molecule has 1 aliphatic rings. The first-order valence-corrected chi connectivity index (χ1v) is 13.0. The molecule has 3 unspecified atom stereocenters. The lowest BCUT2D eigenvalue weighted by atomic mass is 9.88. The Balaban J connectivity index is 1.84. The van der Waals surface area contributed by atoms with E-state index in [1.165, 1.54) is 43.8 Å². The standard InChI is InChI=1S/C25H24NP3/c26-22(13-27)25(28)29-14-18-11-9-16-5-1-3-7-20(16)23(18)24-19(15-29)12-10-17-6-2-4-8-21(17)24/h1-13,22,25,27H,14-15,26,28H2. The van der Waals surface area contributed by atoms with Crippen LogP contribution in [0.1, 0.15) is 11.1 Å². The molecule has 0 radical (unpaired) electrons. The number of benzene rings is 4. The SMILES string of the molecule is NC(C=P)C(P)P1Cc2ccc3ccccc3c2-c2c(ccc3ccccc23)C1. The van der Waals surface area contributed by atoms with E-state index in [1.54, 1.807) is 0 Å². The zero-order valence-corrected chi connectivity index (χ0v) is 19.2. The van der Waals surface area contributed by atoms with Crippen LogP contribution >= 0.6 is 26.0 Å². The lowest BCUT2D eigenvalue weighted by molar-refractivity contribution is 0.966. The van der Waals surface area contributed by atoms with E-state index in [0.717, 1.165) is 12.3 Å². The number of hydrogen-bond acceptors (Lipinski definition) is 1. The van der Waals surface area contributed by atoms with E-state index < -0.39 is 0 Å². The van der Waals surface area contributed by atoms with E-state index >= 15 is 0 Å². The summed E-state index contributed by atoms with van der Waals surface area (Å²) in [5, 5.41) is 5.71. The fraction of sp³-hybridized carbons (Fsp3) is 0.160. The van der Waals surface area contributed by atoms with Gasteiger partial charge in [0.15, 0.2) is 0 Å². The van der Waals surface area contributed by atoms with Crippen molar-refractivity contribution in [2.75, 3.05) is 0 Å². The van der Waals surface area contributed by atoms with E-state index in [9.17, 15) is 0 Å². The highest BCUT2D eigenvalue weighted by molar-refractivity contribution is 7.64. The van der Waals surface area contributed by atoms with Gasteiger partial charge in [-0.1, -0.05) is 80.7 Å². The molecule has 4 aromatic carbocycles. The average Bonchev–Trinajstić information content (AvgIpc) is 2.95. The van der Waals surface area contributed by atoms with Crippen LogP contribution in [0.15, 0.2) is 72.8 Å². The maximum Gasteiger partial charge on any atom is 0.0367 e. The maximum absolute atomic E-state index is 6.41. The Hall–Kier alpha value is -1.61. The number of hydrogen-bond donors (Lipinski definition) is 1. The quantitative estimate of drug-likeness (QED) is 0.362. The van der Waals surface area contributed by atoms with Crippen LogP contribution in [0.2, 0.25) is 0 Å². The highest BCUT2D eigenvalue weighted by Gasteiger charge is 2.29. The van der Waals surface area contributed by atoms with E-state index in [0.29, 0.717) is 5.40 Å². The van der Waals surface area contributed by atoms with Crippen LogP contribution in [-0.2, 0) is 12.3 Å². The van der Waals surface area contributed by atoms with Crippen molar-refractivity contribution < 1.29 is 0 Å². The topological polar surface area (TPSA) is 26.0 Å². The minimum atomic E-state index is -0.313. The normalized spacial score (nSPS) is 16.1. The third kappa shape index (κ3) is 3.36. The monoisotopic (exact) mass is 431 g/mol. The Morgan fingerprint density at radius 3 is 1.76 bits per heavy atom. The van der Waals surface area contributed by atoms with E-state index in [2.05, 4.69) is 90.9 Å². The molecule has 0 aliphatic carbocycles. The lowest BCUT2D eigenvalue weighted by Gasteiger charge is -2.27. The molecule has 0 fully saturated rings. The Kier molecular flexibility index (Phi) is 5.28. The number of nitrogens with two attached hydrogens (primary N) is 1. The molecule has 3 atom stereocenters. The maximum atomic E-state index is 6.41. The van der Waals surface area contributed by atoms with Gasteiger partial charge in [0.25, 0.3) is 0 Å². The molecule has 0 saturated carbocycles. The van der Waals surface area contributed by atoms with Crippen LogP contribution < -0.4 is 5.73 Å². The average molecular weight is 431 g/mol. The van der Waals surface area contributed by atoms with Crippen molar-refractivity contribution in [3.63, 3.8) is 0 Å². The fourth-order valence-corrected chi connectivity index (χ4v) is 8.38. The zero-order chi connectivity index (χ0) is 20.0. The van der Waals surface area contributed by atoms with Gasteiger partial charge in [0.1, 0.15) is 0 Å². The highest BCUT2D eigenvalue weighted by Crippen LogP contribution is 2.57. The fourth-order valence-electron chi connectivity index (χ4n) is 4.53. The summed E-state index contributed by atoms with van der Waals surface area (Å²) in [5.74, 6) is 1.95. The van der Waals surface area contributed by atoms with Gasteiger partial charge in [-0.15, -0.1) is 18.1 Å². The molecule has 5 rings (SSSR count). The molecule has 1 aliphatic heterocycles. The van der Waals surface area contributed by atoms with Gasteiger partial charge in [-0.05, 0) is 61.9 Å². The van der Waals surface area contributed by atoms with Crippen LogP contribution in [-0.4, -0.2) is 17.2 Å². The van der Waals surface area contributed by atoms with Gasteiger partial charge in [-0.2, -0.15) is 0 Å². The van der Waals surface area contributed by atoms with E-state index in [-0.39, 0.29) is 14.0 Å². The molecule has 1 nitrogen and oxygen atoms in total.